The van der Waals surface area contributed by atoms with Gasteiger partial charge in [0, 0.05) is 22.2 Å². The molecule has 0 spiro atoms. The molecule has 32 heavy (non-hydrogen) atoms. The Morgan fingerprint density at radius 1 is 1.00 bits per heavy atom. The molecule has 0 fully saturated rings. The molecule has 0 aliphatic heterocycles. The van der Waals surface area contributed by atoms with Crippen LogP contribution in [-0.2, 0) is 14.8 Å². The molecule has 4 rings (SSSR count). The Balaban J connectivity index is 1.78. The summed E-state index contributed by atoms with van der Waals surface area (Å²) >= 11 is 7.57. The molecule has 1 N–H and O–H groups in total. The number of hydrogen-bond acceptors (Lipinski definition) is 6. The number of anilines is 1. The third-order valence-corrected chi connectivity index (χ3v) is 7.02. The van der Waals surface area contributed by atoms with Gasteiger partial charge in [-0.25, -0.2) is 18.2 Å². The summed E-state index contributed by atoms with van der Waals surface area (Å²) in [5, 5.41) is 2.69. The molecule has 0 bridgehead atoms. The number of nitrogens with one attached hydrogen (secondary N) is 1. The molecule has 0 amide bonds. The quantitative estimate of drug-likeness (QED) is 0.354. The lowest BCUT2D eigenvalue weighted by Crippen LogP contribution is -2.16. The summed E-state index contributed by atoms with van der Waals surface area (Å²) in [5.74, 6) is -0.656. The van der Waals surface area contributed by atoms with Crippen molar-refractivity contribution in [2.24, 2.45) is 0 Å². The molecule has 0 radical (unpaired) electrons. The molecule has 0 saturated carbocycles. The molecule has 1 aromatic heterocycles. The topological polar surface area (TPSA) is 85.4 Å². The number of carbonyl (C=O) groups is 1. The van der Waals surface area contributed by atoms with Crippen LogP contribution >= 0.6 is 22.9 Å². The lowest BCUT2D eigenvalue weighted by molar-refractivity contribution is 0.0602. The van der Waals surface area contributed by atoms with Gasteiger partial charge in [0.05, 0.1) is 23.3 Å². The van der Waals surface area contributed by atoms with Gasteiger partial charge in [-0.1, -0.05) is 48.0 Å². The van der Waals surface area contributed by atoms with Gasteiger partial charge in [0.15, 0.2) is 0 Å². The minimum atomic E-state index is -4.08. The van der Waals surface area contributed by atoms with Crippen molar-refractivity contribution in [3.63, 3.8) is 0 Å². The molecule has 162 valence electrons. The fourth-order valence-corrected chi connectivity index (χ4v) is 5.20. The average Bonchev–Trinajstić information content (AvgIpc) is 3.33. The van der Waals surface area contributed by atoms with Crippen molar-refractivity contribution in [1.82, 2.24) is 4.98 Å². The summed E-state index contributed by atoms with van der Waals surface area (Å²) in [6.45, 7) is 0. The van der Waals surface area contributed by atoms with E-state index < -0.39 is 16.0 Å². The van der Waals surface area contributed by atoms with E-state index in [0.29, 0.717) is 10.6 Å². The second-order valence-corrected chi connectivity index (χ2v) is 9.75. The van der Waals surface area contributed by atoms with Crippen LogP contribution in [0.15, 0.2) is 83.2 Å². The lowest BCUT2D eigenvalue weighted by Gasteiger charge is -2.14. The van der Waals surface area contributed by atoms with Gasteiger partial charge in [-0.3, -0.25) is 4.72 Å². The van der Waals surface area contributed by atoms with Crippen molar-refractivity contribution in [3.05, 3.63) is 88.9 Å². The van der Waals surface area contributed by atoms with Crippen molar-refractivity contribution in [2.75, 3.05) is 11.8 Å². The predicted octanol–water partition coefficient (Wildman–Crippen LogP) is 5.72. The van der Waals surface area contributed by atoms with Gasteiger partial charge in [0.25, 0.3) is 10.0 Å². The third kappa shape index (κ3) is 4.67. The fraction of sp³-hybridized carbons (Fsp3) is 0.0435. The van der Waals surface area contributed by atoms with Crippen LogP contribution in [0.5, 0.6) is 0 Å². The summed E-state index contributed by atoms with van der Waals surface area (Å²) in [4.78, 5) is 16.4. The highest BCUT2D eigenvalue weighted by Crippen LogP contribution is 2.31. The highest BCUT2D eigenvalue weighted by Gasteiger charge is 2.21. The Morgan fingerprint density at radius 3 is 2.47 bits per heavy atom. The Morgan fingerprint density at radius 2 is 1.78 bits per heavy atom. The Kier molecular flexibility index (Phi) is 6.27. The molecule has 1 heterocycles. The zero-order chi connectivity index (χ0) is 22.7. The zero-order valence-electron chi connectivity index (χ0n) is 16.8. The molecule has 3 aromatic carbocycles. The highest BCUT2D eigenvalue weighted by atomic mass is 35.5. The number of rotatable bonds is 6. The van der Waals surface area contributed by atoms with Crippen molar-refractivity contribution in [1.29, 1.82) is 0 Å². The average molecular weight is 485 g/mol. The van der Waals surface area contributed by atoms with Gasteiger partial charge in [0.1, 0.15) is 5.01 Å². The number of methoxy groups -OCH3 is 1. The highest BCUT2D eigenvalue weighted by molar-refractivity contribution is 7.92. The van der Waals surface area contributed by atoms with Crippen LogP contribution in [0.25, 0.3) is 21.7 Å². The van der Waals surface area contributed by atoms with E-state index >= 15 is 0 Å². The number of aromatic nitrogens is 1. The standard InChI is InChI=1S/C23H17ClN2O4S2/c1-30-23(27)20-8-7-16(15-5-3-2-4-6-15)13-21(20)26-32(28,29)19-12-17(11-18(24)14-19)22-25-9-10-31-22/h2-14,26H,1H3. The van der Waals surface area contributed by atoms with Gasteiger partial charge in [0.2, 0.25) is 0 Å². The summed E-state index contributed by atoms with van der Waals surface area (Å²) in [5.41, 5.74) is 2.40. The first kappa shape index (κ1) is 22.0. The Bertz CT molecular complexity index is 1370. The van der Waals surface area contributed by atoms with Gasteiger partial charge < -0.3 is 4.74 Å². The smallest absolute Gasteiger partial charge is 0.339 e. The van der Waals surface area contributed by atoms with Gasteiger partial charge in [-0.2, -0.15) is 0 Å². The number of nitrogens with zero attached hydrogens (tertiary/aromatic N) is 1. The van der Waals surface area contributed by atoms with Crippen molar-refractivity contribution in [2.45, 2.75) is 4.90 Å². The lowest BCUT2D eigenvalue weighted by atomic mass is 10.0. The molecule has 9 heteroatoms. The Labute approximate surface area is 194 Å². The maximum absolute atomic E-state index is 13.2. The molecular weight excluding hydrogens is 468 g/mol. The number of ether oxygens (including phenoxy) is 1. The van der Waals surface area contributed by atoms with Crippen LogP contribution in [0, 0.1) is 0 Å². The number of esters is 1. The van der Waals surface area contributed by atoms with E-state index in [4.69, 9.17) is 16.3 Å². The predicted molar refractivity (Wildman–Crippen MR) is 127 cm³/mol. The second kappa shape index (κ2) is 9.12. The van der Waals surface area contributed by atoms with Gasteiger partial charge in [-0.15, -0.1) is 11.3 Å². The maximum atomic E-state index is 13.2. The number of carbonyl (C=O) groups excluding carboxylic acids is 1. The molecule has 0 aliphatic carbocycles. The molecule has 0 atom stereocenters. The van der Waals surface area contributed by atoms with Crippen molar-refractivity contribution >= 4 is 44.6 Å². The monoisotopic (exact) mass is 484 g/mol. The summed E-state index contributed by atoms with van der Waals surface area (Å²) in [6.07, 6.45) is 1.63. The molecule has 6 nitrogen and oxygen atoms in total. The van der Waals surface area contributed by atoms with E-state index in [1.807, 2.05) is 30.3 Å². The van der Waals surface area contributed by atoms with Crippen molar-refractivity contribution in [3.8, 4) is 21.7 Å². The molecule has 0 saturated heterocycles. The SMILES string of the molecule is COC(=O)c1ccc(-c2ccccc2)cc1NS(=O)(=O)c1cc(Cl)cc(-c2nccs2)c1. The van der Waals surface area contributed by atoms with Gasteiger partial charge >= 0.3 is 5.97 Å². The van der Waals surface area contributed by atoms with Crippen LogP contribution in [0.1, 0.15) is 10.4 Å². The number of hydrogen-bond donors (Lipinski definition) is 1. The summed E-state index contributed by atoms with van der Waals surface area (Å²) in [7, 11) is -2.84. The number of benzene rings is 3. The fourth-order valence-electron chi connectivity index (χ4n) is 3.14. The van der Waals surface area contributed by atoms with Crippen LogP contribution in [-0.4, -0.2) is 26.5 Å². The Hall–Kier alpha value is -3.20. The molecule has 0 aliphatic rings. The molecule has 0 unspecified atom stereocenters. The zero-order valence-corrected chi connectivity index (χ0v) is 19.2. The van der Waals surface area contributed by atoms with E-state index in [1.54, 1.807) is 29.8 Å². The van der Waals surface area contributed by atoms with Crippen LogP contribution in [0.4, 0.5) is 5.69 Å². The molecule has 4 aromatic rings. The number of sulfonamides is 1. The van der Waals surface area contributed by atoms with E-state index in [0.717, 1.165) is 11.1 Å². The van der Waals surface area contributed by atoms with E-state index in [1.165, 1.54) is 36.6 Å². The molecular formula is C23H17ClN2O4S2. The summed E-state index contributed by atoms with van der Waals surface area (Å²) in [6, 6.07) is 18.8. The van der Waals surface area contributed by atoms with Crippen molar-refractivity contribution < 1.29 is 17.9 Å². The third-order valence-electron chi connectivity index (χ3n) is 4.64. The van der Waals surface area contributed by atoms with E-state index in [-0.39, 0.29) is 21.2 Å². The first-order chi connectivity index (χ1) is 15.4. The minimum absolute atomic E-state index is 0.0453. The van der Waals surface area contributed by atoms with E-state index in [2.05, 4.69) is 9.71 Å². The largest absolute Gasteiger partial charge is 0.465 e. The van der Waals surface area contributed by atoms with Crippen LogP contribution in [0.3, 0.4) is 0 Å². The normalized spacial score (nSPS) is 11.2. The second-order valence-electron chi connectivity index (χ2n) is 6.74. The maximum Gasteiger partial charge on any atom is 0.339 e. The number of thiazole rings is 1. The minimum Gasteiger partial charge on any atom is -0.465 e. The van der Waals surface area contributed by atoms with E-state index in [9.17, 15) is 13.2 Å². The van der Waals surface area contributed by atoms with Crippen LogP contribution in [0.2, 0.25) is 5.02 Å². The summed E-state index contributed by atoms with van der Waals surface area (Å²) < 4.78 is 33.8. The van der Waals surface area contributed by atoms with Crippen LogP contribution < -0.4 is 4.72 Å². The van der Waals surface area contributed by atoms with Gasteiger partial charge in [-0.05, 0) is 41.5 Å². The first-order valence-electron chi connectivity index (χ1n) is 9.38. The first-order valence-corrected chi connectivity index (χ1v) is 12.1. The number of halogens is 1.